The van der Waals surface area contributed by atoms with Gasteiger partial charge in [0.2, 0.25) is 5.91 Å². The fraction of sp³-hybridized carbons (Fsp3) is 0.467. The summed E-state index contributed by atoms with van der Waals surface area (Å²) in [5, 5.41) is 11.9. The van der Waals surface area contributed by atoms with Gasteiger partial charge in [-0.2, -0.15) is 0 Å². The molecule has 0 radical (unpaired) electrons. The maximum atomic E-state index is 12.2. The highest BCUT2D eigenvalue weighted by molar-refractivity contribution is 5.97. The van der Waals surface area contributed by atoms with Crippen molar-refractivity contribution in [1.82, 2.24) is 0 Å². The second-order valence-corrected chi connectivity index (χ2v) is 5.56. The van der Waals surface area contributed by atoms with Gasteiger partial charge in [-0.05, 0) is 37.5 Å². The zero-order valence-electron chi connectivity index (χ0n) is 11.3. The molecule has 0 bridgehead atoms. The van der Waals surface area contributed by atoms with Crippen LogP contribution in [0.3, 0.4) is 0 Å². The summed E-state index contributed by atoms with van der Waals surface area (Å²) < 4.78 is 0. The summed E-state index contributed by atoms with van der Waals surface area (Å²) in [5.41, 5.74) is 1.17. The van der Waals surface area contributed by atoms with E-state index in [1.54, 1.807) is 19.1 Å². The monoisotopic (exact) mass is 261 g/mol. The van der Waals surface area contributed by atoms with Crippen molar-refractivity contribution < 1.29 is 14.7 Å². The second-order valence-electron chi connectivity index (χ2n) is 5.56. The number of benzene rings is 1. The van der Waals surface area contributed by atoms with Crippen molar-refractivity contribution in [3.8, 4) is 0 Å². The fourth-order valence-corrected chi connectivity index (χ4v) is 2.59. The van der Waals surface area contributed by atoms with Crippen LogP contribution in [0.1, 0.15) is 48.5 Å². The number of carbonyl (C=O) groups excluding carboxylic acids is 1. The summed E-state index contributed by atoms with van der Waals surface area (Å²) >= 11 is 0. The summed E-state index contributed by atoms with van der Waals surface area (Å²) in [6.07, 6.45) is 3.96. The Balaban J connectivity index is 2.17. The van der Waals surface area contributed by atoms with Gasteiger partial charge in [-0.1, -0.05) is 25.8 Å². The first-order valence-corrected chi connectivity index (χ1v) is 6.58. The molecular weight excluding hydrogens is 242 g/mol. The number of carboxylic acids is 1. The summed E-state index contributed by atoms with van der Waals surface area (Å²) in [6, 6.07) is 4.99. The van der Waals surface area contributed by atoms with Crippen LogP contribution in [0.2, 0.25) is 0 Å². The third-order valence-corrected chi connectivity index (χ3v) is 3.98. The molecule has 1 aromatic rings. The van der Waals surface area contributed by atoms with E-state index in [-0.39, 0.29) is 16.9 Å². The van der Waals surface area contributed by atoms with E-state index >= 15 is 0 Å². The zero-order chi connectivity index (χ0) is 14.0. The second kappa shape index (κ2) is 5.03. The van der Waals surface area contributed by atoms with Crippen molar-refractivity contribution in [2.45, 2.75) is 39.5 Å². The Morgan fingerprint density at radius 2 is 1.89 bits per heavy atom. The highest BCUT2D eigenvalue weighted by Crippen LogP contribution is 2.38. The first-order chi connectivity index (χ1) is 8.92. The van der Waals surface area contributed by atoms with Gasteiger partial charge in [-0.15, -0.1) is 0 Å². The SMILES string of the molecule is Cc1ccc(NC(=O)C2(C)CCCC2)cc1C(=O)O. The molecule has 1 saturated carbocycles. The zero-order valence-corrected chi connectivity index (χ0v) is 11.3. The van der Waals surface area contributed by atoms with Gasteiger partial charge in [0.25, 0.3) is 0 Å². The molecule has 0 heterocycles. The largest absolute Gasteiger partial charge is 0.478 e. The first kappa shape index (κ1) is 13.6. The molecule has 1 aliphatic carbocycles. The maximum absolute atomic E-state index is 12.2. The van der Waals surface area contributed by atoms with E-state index in [0.717, 1.165) is 25.7 Å². The van der Waals surface area contributed by atoms with Gasteiger partial charge in [0, 0.05) is 11.1 Å². The molecule has 0 aliphatic heterocycles. The van der Waals surface area contributed by atoms with Gasteiger partial charge in [-0.3, -0.25) is 4.79 Å². The van der Waals surface area contributed by atoms with E-state index < -0.39 is 5.97 Å². The van der Waals surface area contributed by atoms with Crippen LogP contribution < -0.4 is 5.32 Å². The third kappa shape index (κ3) is 2.78. The van der Waals surface area contributed by atoms with E-state index in [1.807, 2.05) is 6.92 Å². The number of hydrogen-bond acceptors (Lipinski definition) is 2. The van der Waals surface area contributed by atoms with Gasteiger partial charge < -0.3 is 10.4 Å². The van der Waals surface area contributed by atoms with E-state index in [9.17, 15) is 9.59 Å². The Morgan fingerprint density at radius 3 is 2.47 bits per heavy atom. The van der Waals surface area contributed by atoms with E-state index in [2.05, 4.69) is 5.32 Å². The summed E-state index contributed by atoms with van der Waals surface area (Å²) in [7, 11) is 0. The standard InChI is InChI=1S/C15H19NO3/c1-10-5-6-11(9-12(10)13(17)18)16-14(19)15(2)7-3-4-8-15/h5-6,9H,3-4,7-8H2,1-2H3,(H,16,19)(H,17,18). The molecule has 1 amide bonds. The topological polar surface area (TPSA) is 66.4 Å². The quantitative estimate of drug-likeness (QED) is 0.878. The molecule has 4 heteroatoms. The molecule has 0 saturated heterocycles. The fourth-order valence-electron chi connectivity index (χ4n) is 2.59. The van der Waals surface area contributed by atoms with Crippen LogP contribution in [-0.2, 0) is 4.79 Å². The molecule has 1 fully saturated rings. The van der Waals surface area contributed by atoms with E-state index in [1.165, 1.54) is 6.07 Å². The molecule has 4 nitrogen and oxygen atoms in total. The predicted octanol–water partition coefficient (Wildman–Crippen LogP) is 3.21. The molecule has 102 valence electrons. The lowest BCUT2D eigenvalue weighted by molar-refractivity contribution is -0.124. The minimum Gasteiger partial charge on any atom is -0.478 e. The maximum Gasteiger partial charge on any atom is 0.336 e. The predicted molar refractivity (Wildman–Crippen MR) is 73.3 cm³/mol. The number of aryl methyl sites for hydroxylation is 1. The van der Waals surface area contributed by atoms with Crippen LogP contribution in [0.25, 0.3) is 0 Å². The minimum atomic E-state index is -0.972. The number of carboxylic acid groups (broad SMARTS) is 1. The van der Waals surface area contributed by atoms with Crippen LogP contribution in [0.15, 0.2) is 18.2 Å². The van der Waals surface area contributed by atoms with Crippen LogP contribution in [0, 0.1) is 12.3 Å². The molecule has 0 atom stereocenters. The van der Waals surface area contributed by atoms with Gasteiger partial charge in [-0.25, -0.2) is 4.79 Å². The van der Waals surface area contributed by atoms with Crippen LogP contribution >= 0.6 is 0 Å². The summed E-state index contributed by atoms with van der Waals surface area (Å²) in [5.74, 6) is -0.981. The van der Waals surface area contributed by atoms with Gasteiger partial charge >= 0.3 is 5.97 Å². The van der Waals surface area contributed by atoms with E-state index in [0.29, 0.717) is 11.3 Å². The van der Waals surface area contributed by atoms with Crippen molar-refractivity contribution in [2.75, 3.05) is 5.32 Å². The highest BCUT2D eigenvalue weighted by Gasteiger charge is 2.36. The number of amides is 1. The van der Waals surface area contributed by atoms with Gasteiger partial charge in [0.1, 0.15) is 0 Å². The van der Waals surface area contributed by atoms with Crippen LogP contribution in [0.5, 0.6) is 0 Å². The van der Waals surface area contributed by atoms with E-state index in [4.69, 9.17) is 5.11 Å². The third-order valence-electron chi connectivity index (χ3n) is 3.98. The number of aromatic carboxylic acids is 1. The van der Waals surface area contributed by atoms with Crippen LogP contribution in [-0.4, -0.2) is 17.0 Å². The average Bonchev–Trinajstić information content (AvgIpc) is 2.79. The number of nitrogens with one attached hydrogen (secondary N) is 1. The van der Waals surface area contributed by atoms with Crippen molar-refractivity contribution >= 4 is 17.6 Å². The first-order valence-electron chi connectivity index (χ1n) is 6.58. The Kier molecular flexibility index (Phi) is 3.60. The Bertz CT molecular complexity index is 516. The van der Waals surface area contributed by atoms with Crippen molar-refractivity contribution in [1.29, 1.82) is 0 Å². The lowest BCUT2D eigenvalue weighted by atomic mass is 9.88. The van der Waals surface area contributed by atoms with Crippen molar-refractivity contribution in [3.63, 3.8) is 0 Å². The summed E-state index contributed by atoms with van der Waals surface area (Å²) in [6.45, 7) is 3.72. The molecule has 0 spiro atoms. The van der Waals surface area contributed by atoms with Crippen LogP contribution in [0.4, 0.5) is 5.69 Å². The Labute approximate surface area is 112 Å². The smallest absolute Gasteiger partial charge is 0.336 e. The number of carbonyl (C=O) groups is 2. The lowest BCUT2D eigenvalue weighted by Crippen LogP contribution is -2.30. The Morgan fingerprint density at radius 1 is 1.26 bits per heavy atom. The number of anilines is 1. The molecule has 19 heavy (non-hydrogen) atoms. The molecular formula is C15H19NO3. The normalized spacial score (nSPS) is 17.2. The minimum absolute atomic E-state index is 0.00908. The molecule has 0 unspecified atom stereocenters. The van der Waals surface area contributed by atoms with Gasteiger partial charge in [0.15, 0.2) is 0 Å². The lowest BCUT2D eigenvalue weighted by Gasteiger charge is -2.22. The number of hydrogen-bond donors (Lipinski definition) is 2. The van der Waals surface area contributed by atoms with Crippen molar-refractivity contribution in [2.24, 2.45) is 5.41 Å². The molecule has 2 rings (SSSR count). The Hall–Kier alpha value is -1.84. The molecule has 1 aromatic carbocycles. The molecule has 2 N–H and O–H groups in total. The average molecular weight is 261 g/mol. The number of rotatable bonds is 3. The molecule has 1 aliphatic rings. The van der Waals surface area contributed by atoms with Crippen molar-refractivity contribution in [3.05, 3.63) is 29.3 Å². The van der Waals surface area contributed by atoms with Gasteiger partial charge in [0.05, 0.1) is 5.56 Å². The summed E-state index contributed by atoms with van der Waals surface area (Å²) in [4.78, 5) is 23.3. The highest BCUT2D eigenvalue weighted by atomic mass is 16.4. The molecule has 0 aromatic heterocycles.